The number of rotatable bonds is 10. The Hall–Kier alpha value is -3.36. The smallest absolute Gasteiger partial charge is 0.401 e. The monoisotopic (exact) mass is 738 g/mol. The summed E-state index contributed by atoms with van der Waals surface area (Å²) in [6, 6.07) is 9.86. The van der Waals surface area contributed by atoms with Crippen LogP contribution in [0.4, 0.5) is 18.9 Å². The zero-order valence-electron chi connectivity index (χ0n) is 27.3. The van der Waals surface area contributed by atoms with E-state index >= 15 is 0 Å². The maximum absolute atomic E-state index is 13.9. The third-order valence-electron chi connectivity index (χ3n) is 10.0. The standard InChI is InChI=1S/C35H39Cl2F3N4O6/c36-28-16-30(41-33(46)27-19-50-31-4-2-1-3-26(27)31)29(37)13-22(28)14-32(45)44-17-23(43-11-9-42(10-12-43)20-35(38,39)40)15-24(44)18-49-25-7-5-21(6-8-25)34(47)48/h1-4,13,16,19,21,23-25H,5-12,14-15,17-18,20H2,(H,41,46)(H,47,48)/t21-,23-,24-,25-/m0/s1. The molecule has 1 saturated carbocycles. The summed E-state index contributed by atoms with van der Waals surface area (Å²) in [4.78, 5) is 43.7. The molecular weight excluding hydrogens is 700 g/mol. The van der Waals surface area contributed by atoms with E-state index < -0.39 is 24.6 Å². The minimum Gasteiger partial charge on any atom is -0.481 e. The molecule has 1 aromatic heterocycles. The Morgan fingerprint density at radius 2 is 1.72 bits per heavy atom. The number of aliphatic carboxylic acids is 1. The number of carboxylic acid groups (broad SMARTS) is 1. The molecule has 2 aromatic carbocycles. The molecule has 50 heavy (non-hydrogen) atoms. The van der Waals surface area contributed by atoms with Gasteiger partial charge in [-0.2, -0.15) is 13.2 Å². The number of carboxylic acids is 1. The highest BCUT2D eigenvalue weighted by molar-refractivity contribution is 6.36. The third kappa shape index (κ3) is 8.74. The van der Waals surface area contributed by atoms with Crippen molar-refractivity contribution in [2.24, 2.45) is 5.92 Å². The third-order valence-corrected chi connectivity index (χ3v) is 10.7. The van der Waals surface area contributed by atoms with Gasteiger partial charge in [-0.3, -0.25) is 24.2 Å². The van der Waals surface area contributed by atoms with Gasteiger partial charge in [-0.15, -0.1) is 0 Å². The molecule has 2 amide bonds. The maximum atomic E-state index is 13.9. The van der Waals surface area contributed by atoms with Gasteiger partial charge < -0.3 is 24.5 Å². The highest BCUT2D eigenvalue weighted by Crippen LogP contribution is 2.33. The number of halogens is 5. The SMILES string of the molecule is O=C(Nc1cc(Cl)c(CC(=O)N2C[C@@H](N3CCN(CC(F)(F)F)CC3)C[C@H]2CO[C@H]2CC[C@H](C(=O)O)CC2)cc1Cl)c1coc2ccccc12. The Morgan fingerprint density at radius 1 is 1.00 bits per heavy atom. The number of likely N-dealkylation sites (tertiary alicyclic amines) is 1. The number of ether oxygens (including phenoxy) is 1. The van der Waals surface area contributed by atoms with Gasteiger partial charge in [-0.25, -0.2) is 0 Å². The zero-order chi connectivity index (χ0) is 35.6. The van der Waals surface area contributed by atoms with Crippen LogP contribution in [0, 0.1) is 5.92 Å². The first-order valence-corrected chi connectivity index (χ1v) is 17.5. The number of amides is 2. The largest absolute Gasteiger partial charge is 0.481 e. The Kier molecular flexibility index (Phi) is 11.3. The van der Waals surface area contributed by atoms with Crippen LogP contribution in [-0.2, 0) is 20.7 Å². The highest BCUT2D eigenvalue weighted by Gasteiger charge is 2.41. The van der Waals surface area contributed by atoms with Gasteiger partial charge in [-0.1, -0.05) is 41.4 Å². The predicted molar refractivity (Wildman–Crippen MR) is 182 cm³/mol. The van der Waals surface area contributed by atoms with Crippen molar-refractivity contribution >= 4 is 57.6 Å². The van der Waals surface area contributed by atoms with E-state index in [1.165, 1.54) is 17.2 Å². The van der Waals surface area contributed by atoms with Gasteiger partial charge in [0, 0.05) is 49.2 Å². The Bertz CT molecular complexity index is 1710. The van der Waals surface area contributed by atoms with Crippen molar-refractivity contribution < 1.29 is 41.8 Å². The number of fused-ring (bicyclic) bond motifs is 1. The van der Waals surface area contributed by atoms with Gasteiger partial charge in [0.25, 0.3) is 5.91 Å². The minimum atomic E-state index is -4.26. The second-order valence-electron chi connectivity index (χ2n) is 13.4. The molecule has 0 spiro atoms. The van der Waals surface area contributed by atoms with E-state index in [9.17, 15) is 32.7 Å². The normalized spacial score (nSPS) is 23.7. The number of nitrogens with zero attached hydrogens (tertiary/aromatic N) is 3. The quantitative estimate of drug-likeness (QED) is 0.248. The lowest BCUT2D eigenvalue weighted by atomic mass is 9.87. The highest BCUT2D eigenvalue weighted by atomic mass is 35.5. The van der Waals surface area contributed by atoms with Gasteiger partial charge in [0.1, 0.15) is 11.8 Å². The number of nitrogens with one attached hydrogen (secondary N) is 1. The average Bonchev–Trinajstić information content (AvgIpc) is 3.71. The average molecular weight is 740 g/mol. The molecule has 0 unspecified atom stereocenters. The van der Waals surface area contributed by atoms with Crippen LogP contribution in [0.15, 0.2) is 47.1 Å². The van der Waals surface area contributed by atoms with Gasteiger partial charge in [-0.05, 0) is 55.9 Å². The van der Waals surface area contributed by atoms with Crippen molar-refractivity contribution in [2.45, 2.75) is 62.9 Å². The number of para-hydroxylation sites is 1. The molecule has 2 N–H and O–H groups in total. The van der Waals surface area contributed by atoms with Gasteiger partial charge >= 0.3 is 12.1 Å². The Labute approximate surface area is 297 Å². The molecule has 2 atom stereocenters. The minimum absolute atomic E-state index is 0.0565. The lowest BCUT2D eigenvalue weighted by molar-refractivity contribution is -0.150. The number of hydrogen-bond donors (Lipinski definition) is 2. The number of furan rings is 1. The van der Waals surface area contributed by atoms with Crippen LogP contribution in [0.5, 0.6) is 0 Å². The second kappa shape index (κ2) is 15.5. The molecule has 10 nitrogen and oxygen atoms in total. The van der Waals surface area contributed by atoms with Gasteiger partial charge in [0.05, 0.1) is 53.9 Å². The van der Waals surface area contributed by atoms with E-state index in [0.717, 1.165) is 0 Å². The van der Waals surface area contributed by atoms with Crippen LogP contribution < -0.4 is 5.32 Å². The van der Waals surface area contributed by atoms with Crippen molar-refractivity contribution in [1.82, 2.24) is 14.7 Å². The summed E-state index contributed by atoms with van der Waals surface area (Å²) in [5.74, 6) is -1.80. The summed E-state index contributed by atoms with van der Waals surface area (Å²) < 4.78 is 50.6. The molecular formula is C35H39Cl2F3N4O6. The van der Waals surface area contributed by atoms with Crippen molar-refractivity contribution in [3.8, 4) is 0 Å². The number of anilines is 1. The molecule has 2 saturated heterocycles. The van der Waals surface area contributed by atoms with E-state index in [4.69, 9.17) is 32.4 Å². The van der Waals surface area contributed by atoms with E-state index in [1.54, 1.807) is 35.2 Å². The van der Waals surface area contributed by atoms with Gasteiger partial charge in [0.2, 0.25) is 5.91 Å². The summed E-state index contributed by atoms with van der Waals surface area (Å²) in [6.07, 6.45) is -0.152. The van der Waals surface area contributed by atoms with Crippen molar-refractivity contribution in [1.29, 1.82) is 0 Å². The number of alkyl halides is 3. The predicted octanol–water partition coefficient (Wildman–Crippen LogP) is 6.34. The molecule has 3 aliphatic rings. The topological polar surface area (TPSA) is 116 Å². The van der Waals surface area contributed by atoms with E-state index in [1.807, 2.05) is 0 Å². The van der Waals surface area contributed by atoms with E-state index in [-0.39, 0.29) is 71.9 Å². The lowest BCUT2D eigenvalue weighted by Crippen LogP contribution is -2.52. The van der Waals surface area contributed by atoms with Crippen LogP contribution in [-0.4, -0.2) is 108 Å². The Balaban J connectivity index is 1.12. The molecule has 6 rings (SSSR count). The molecule has 3 fully saturated rings. The summed E-state index contributed by atoms with van der Waals surface area (Å²) in [5, 5.41) is 13.2. The van der Waals surface area contributed by atoms with Crippen molar-refractivity contribution in [2.75, 3.05) is 51.2 Å². The van der Waals surface area contributed by atoms with Crippen LogP contribution in [0.2, 0.25) is 10.0 Å². The fourth-order valence-corrected chi connectivity index (χ4v) is 7.77. The van der Waals surface area contributed by atoms with Crippen molar-refractivity contribution in [3.05, 3.63) is 63.8 Å². The molecule has 0 bridgehead atoms. The molecule has 1 aliphatic carbocycles. The maximum Gasteiger partial charge on any atom is 0.401 e. The zero-order valence-corrected chi connectivity index (χ0v) is 28.8. The number of benzene rings is 2. The van der Waals surface area contributed by atoms with Crippen molar-refractivity contribution in [3.63, 3.8) is 0 Å². The molecule has 2 aliphatic heterocycles. The molecule has 270 valence electrons. The van der Waals surface area contributed by atoms with Crippen LogP contribution in [0.3, 0.4) is 0 Å². The first kappa shape index (κ1) is 36.4. The number of carbonyl (C=O) groups excluding carboxylic acids is 2. The first-order chi connectivity index (χ1) is 23.8. The summed E-state index contributed by atoms with van der Waals surface area (Å²) in [7, 11) is 0. The molecule has 15 heteroatoms. The van der Waals surface area contributed by atoms with Crippen LogP contribution >= 0.6 is 23.2 Å². The van der Waals surface area contributed by atoms with Gasteiger partial charge in [0.15, 0.2) is 0 Å². The lowest BCUT2D eigenvalue weighted by Gasteiger charge is -2.38. The number of piperazine rings is 1. The van der Waals surface area contributed by atoms with E-state index in [2.05, 4.69) is 10.2 Å². The fraction of sp³-hybridized carbons (Fsp3) is 0.514. The summed E-state index contributed by atoms with van der Waals surface area (Å²) >= 11 is 13.2. The summed E-state index contributed by atoms with van der Waals surface area (Å²) in [5.41, 5.74) is 1.65. The number of carbonyl (C=O) groups is 3. The van der Waals surface area contributed by atoms with E-state index in [0.29, 0.717) is 73.8 Å². The molecule has 3 heterocycles. The van der Waals surface area contributed by atoms with Crippen LogP contribution in [0.25, 0.3) is 11.0 Å². The first-order valence-electron chi connectivity index (χ1n) is 16.8. The fourth-order valence-electron chi connectivity index (χ4n) is 7.31. The Morgan fingerprint density at radius 3 is 2.42 bits per heavy atom. The molecule has 0 radical (unpaired) electrons. The second-order valence-corrected chi connectivity index (χ2v) is 14.2. The molecule has 3 aromatic rings. The number of hydrogen-bond acceptors (Lipinski definition) is 7. The summed E-state index contributed by atoms with van der Waals surface area (Å²) in [6.45, 7) is 1.19. The van der Waals surface area contributed by atoms with Crippen LogP contribution in [0.1, 0.15) is 48.0 Å².